The van der Waals surface area contributed by atoms with Crippen LogP contribution in [0.3, 0.4) is 0 Å². The number of nitrogens with one attached hydrogen (secondary N) is 1. The van der Waals surface area contributed by atoms with Crippen molar-refractivity contribution >= 4 is 16.0 Å². The molecule has 7 heteroatoms. The summed E-state index contributed by atoms with van der Waals surface area (Å²) in [6.45, 7) is 3.92. The molecule has 0 fully saturated rings. The molecule has 0 saturated carbocycles. The minimum Gasteiger partial charge on any atom is -0.480 e. The van der Waals surface area contributed by atoms with E-state index in [0.29, 0.717) is 5.92 Å². The fourth-order valence-corrected chi connectivity index (χ4v) is 3.03. The summed E-state index contributed by atoms with van der Waals surface area (Å²) in [5.41, 5.74) is 1.04. The van der Waals surface area contributed by atoms with Crippen molar-refractivity contribution in [1.82, 2.24) is 4.72 Å². The Morgan fingerprint density at radius 3 is 2.29 bits per heavy atom. The van der Waals surface area contributed by atoms with Gasteiger partial charge in [-0.3, -0.25) is 4.79 Å². The van der Waals surface area contributed by atoms with E-state index in [1.165, 1.54) is 19.2 Å². The van der Waals surface area contributed by atoms with Crippen LogP contribution in [0.2, 0.25) is 0 Å². The molecule has 118 valence electrons. The summed E-state index contributed by atoms with van der Waals surface area (Å²) in [6.07, 6.45) is 0.856. The number of hydrogen-bond acceptors (Lipinski definition) is 4. The first-order valence-electron chi connectivity index (χ1n) is 6.59. The van der Waals surface area contributed by atoms with Crippen LogP contribution in [0, 0.1) is 5.92 Å². The zero-order valence-corrected chi connectivity index (χ0v) is 13.2. The van der Waals surface area contributed by atoms with Gasteiger partial charge in [0.2, 0.25) is 10.0 Å². The summed E-state index contributed by atoms with van der Waals surface area (Å²) in [5.74, 6) is -0.805. The van der Waals surface area contributed by atoms with E-state index in [4.69, 9.17) is 9.84 Å². The van der Waals surface area contributed by atoms with Gasteiger partial charge in [0.25, 0.3) is 0 Å². The van der Waals surface area contributed by atoms with Gasteiger partial charge in [-0.25, -0.2) is 8.42 Å². The van der Waals surface area contributed by atoms with Gasteiger partial charge in [0.1, 0.15) is 6.04 Å². The summed E-state index contributed by atoms with van der Waals surface area (Å²) < 4.78 is 31.1. The molecular weight excluding hydrogens is 294 g/mol. The van der Waals surface area contributed by atoms with E-state index in [-0.39, 0.29) is 11.5 Å². The third kappa shape index (κ3) is 5.45. The number of aliphatic carboxylic acids is 1. The first-order chi connectivity index (χ1) is 9.76. The Bertz CT molecular complexity index is 566. The van der Waals surface area contributed by atoms with Crippen LogP contribution >= 0.6 is 0 Å². The Hall–Kier alpha value is -1.44. The second-order valence-corrected chi connectivity index (χ2v) is 6.92. The number of ether oxygens (including phenoxy) is 1. The van der Waals surface area contributed by atoms with Crippen molar-refractivity contribution in [3.05, 3.63) is 29.8 Å². The van der Waals surface area contributed by atoms with Crippen LogP contribution in [0.1, 0.15) is 19.4 Å². The number of carboxylic acids is 1. The van der Waals surface area contributed by atoms with Crippen LogP contribution < -0.4 is 4.72 Å². The minimum atomic E-state index is -3.88. The number of rotatable bonds is 8. The standard InChI is InChI=1S/C14H21NO5S/c1-10(2)8-11-4-6-12(7-5-11)21(18,19)15-13(9-20-3)14(16)17/h4-7,10,13,15H,8-9H2,1-3H3,(H,16,17). The highest BCUT2D eigenvalue weighted by Gasteiger charge is 2.25. The Morgan fingerprint density at radius 2 is 1.86 bits per heavy atom. The van der Waals surface area contributed by atoms with E-state index in [1.54, 1.807) is 12.1 Å². The maximum atomic E-state index is 12.1. The summed E-state index contributed by atoms with van der Waals surface area (Å²) in [6, 6.07) is 5.12. The average molecular weight is 315 g/mol. The molecule has 1 aromatic carbocycles. The van der Waals surface area contributed by atoms with Crippen molar-refractivity contribution in [2.45, 2.75) is 31.2 Å². The average Bonchev–Trinajstić information content (AvgIpc) is 2.37. The van der Waals surface area contributed by atoms with Crippen molar-refractivity contribution < 1.29 is 23.1 Å². The Morgan fingerprint density at radius 1 is 1.29 bits per heavy atom. The maximum Gasteiger partial charge on any atom is 0.324 e. The molecule has 1 atom stereocenters. The molecule has 0 aliphatic rings. The first kappa shape index (κ1) is 17.6. The number of carboxylic acid groups (broad SMARTS) is 1. The number of hydrogen-bond donors (Lipinski definition) is 2. The summed E-state index contributed by atoms with van der Waals surface area (Å²) in [7, 11) is -2.57. The predicted molar refractivity (Wildman–Crippen MR) is 78.6 cm³/mol. The van der Waals surface area contributed by atoms with Gasteiger partial charge >= 0.3 is 5.97 Å². The zero-order valence-electron chi connectivity index (χ0n) is 12.4. The van der Waals surface area contributed by atoms with Gasteiger partial charge in [-0.1, -0.05) is 26.0 Å². The second kappa shape index (κ2) is 7.53. The maximum absolute atomic E-state index is 12.1. The van der Waals surface area contributed by atoms with Gasteiger partial charge < -0.3 is 9.84 Å². The van der Waals surface area contributed by atoms with Crippen LogP contribution in [0.25, 0.3) is 0 Å². The van der Waals surface area contributed by atoms with Crippen LogP contribution in [0.15, 0.2) is 29.2 Å². The monoisotopic (exact) mass is 315 g/mol. The molecule has 0 aliphatic carbocycles. The Kier molecular flexibility index (Phi) is 6.32. The van der Waals surface area contributed by atoms with Gasteiger partial charge in [0, 0.05) is 7.11 Å². The van der Waals surface area contributed by atoms with Crippen LogP contribution in [-0.4, -0.2) is 39.3 Å². The van der Waals surface area contributed by atoms with Crippen molar-refractivity contribution in [3.8, 4) is 0 Å². The van der Waals surface area contributed by atoms with E-state index in [9.17, 15) is 13.2 Å². The quantitative estimate of drug-likeness (QED) is 0.753. The molecule has 2 N–H and O–H groups in total. The van der Waals surface area contributed by atoms with Gasteiger partial charge in [0.05, 0.1) is 11.5 Å². The Balaban J connectivity index is 2.89. The molecule has 0 amide bonds. The lowest BCUT2D eigenvalue weighted by Gasteiger charge is -2.14. The van der Waals surface area contributed by atoms with Gasteiger partial charge in [0.15, 0.2) is 0 Å². The predicted octanol–water partition coefficient (Wildman–Crippen LogP) is 1.26. The largest absolute Gasteiger partial charge is 0.480 e. The lowest BCUT2D eigenvalue weighted by molar-refractivity contribution is -0.140. The van der Waals surface area contributed by atoms with Crippen LogP contribution in [-0.2, 0) is 26.0 Å². The highest BCUT2D eigenvalue weighted by molar-refractivity contribution is 7.89. The third-order valence-corrected chi connectivity index (χ3v) is 4.29. The van der Waals surface area contributed by atoms with E-state index < -0.39 is 22.0 Å². The van der Waals surface area contributed by atoms with Crippen LogP contribution in [0.5, 0.6) is 0 Å². The molecular formula is C14H21NO5S. The molecule has 0 spiro atoms. The highest BCUT2D eigenvalue weighted by atomic mass is 32.2. The van der Waals surface area contributed by atoms with Gasteiger partial charge in [-0.05, 0) is 30.0 Å². The van der Waals surface area contributed by atoms with E-state index in [2.05, 4.69) is 18.6 Å². The normalized spacial score (nSPS) is 13.3. The minimum absolute atomic E-state index is 0.0392. The number of carbonyl (C=O) groups is 1. The topological polar surface area (TPSA) is 92.7 Å². The Labute approximate surface area is 125 Å². The fourth-order valence-electron chi connectivity index (χ4n) is 1.85. The first-order valence-corrected chi connectivity index (χ1v) is 8.07. The number of methoxy groups -OCH3 is 1. The second-order valence-electron chi connectivity index (χ2n) is 5.21. The zero-order chi connectivity index (χ0) is 16.0. The van der Waals surface area contributed by atoms with Gasteiger partial charge in [-0.2, -0.15) is 4.72 Å². The molecule has 0 radical (unpaired) electrons. The van der Waals surface area contributed by atoms with E-state index >= 15 is 0 Å². The molecule has 1 aromatic rings. The van der Waals surface area contributed by atoms with Crippen molar-refractivity contribution in [2.24, 2.45) is 5.92 Å². The molecule has 21 heavy (non-hydrogen) atoms. The highest BCUT2D eigenvalue weighted by Crippen LogP contribution is 2.14. The van der Waals surface area contributed by atoms with Gasteiger partial charge in [-0.15, -0.1) is 0 Å². The smallest absolute Gasteiger partial charge is 0.324 e. The summed E-state index contributed by atoms with van der Waals surface area (Å²) in [5, 5.41) is 8.95. The molecule has 1 unspecified atom stereocenters. The SMILES string of the molecule is COCC(NS(=O)(=O)c1ccc(CC(C)C)cc1)C(=O)O. The molecule has 0 heterocycles. The molecule has 0 aromatic heterocycles. The van der Waals surface area contributed by atoms with E-state index in [1.807, 2.05) is 0 Å². The summed E-state index contributed by atoms with van der Waals surface area (Å²) in [4.78, 5) is 11.0. The fraction of sp³-hybridized carbons (Fsp3) is 0.500. The van der Waals surface area contributed by atoms with Crippen molar-refractivity contribution in [1.29, 1.82) is 0 Å². The molecule has 1 rings (SSSR count). The molecule has 0 aliphatic heterocycles. The number of sulfonamides is 1. The number of benzene rings is 1. The summed E-state index contributed by atoms with van der Waals surface area (Å²) >= 11 is 0. The van der Waals surface area contributed by atoms with E-state index in [0.717, 1.165) is 12.0 Å². The lowest BCUT2D eigenvalue weighted by Crippen LogP contribution is -2.43. The van der Waals surface area contributed by atoms with Crippen molar-refractivity contribution in [2.75, 3.05) is 13.7 Å². The molecule has 0 bridgehead atoms. The third-order valence-electron chi connectivity index (χ3n) is 2.81. The molecule has 6 nitrogen and oxygen atoms in total. The lowest BCUT2D eigenvalue weighted by atomic mass is 10.0. The van der Waals surface area contributed by atoms with Crippen LogP contribution in [0.4, 0.5) is 0 Å². The van der Waals surface area contributed by atoms with Crippen molar-refractivity contribution in [3.63, 3.8) is 0 Å². The molecule has 0 saturated heterocycles.